The molecule has 0 amide bonds. The van der Waals surface area contributed by atoms with Gasteiger partial charge in [-0.25, -0.2) is 4.79 Å². The maximum Gasteiger partial charge on any atom is 0.331 e. The third-order valence-electron chi connectivity index (χ3n) is 17.0. The van der Waals surface area contributed by atoms with Gasteiger partial charge < -0.3 is 23.7 Å². The van der Waals surface area contributed by atoms with Crippen LogP contribution < -0.4 is 9.47 Å². The molecule has 5 aliphatic carbocycles. The van der Waals surface area contributed by atoms with Gasteiger partial charge in [-0.15, -0.1) is 0 Å². The van der Waals surface area contributed by atoms with E-state index < -0.39 is 11.9 Å². The second-order valence-corrected chi connectivity index (χ2v) is 20.2. The van der Waals surface area contributed by atoms with E-state index in [1.165, 1.54) is 76.9 Å². The lowest BCUT2D eigenvalue weighted by atomic mass is 9.32. The maximum absolute atomic E-state index is 13.4. The van der Waals surface area contributed by atoms with Crippen molar-refractivity contribution in [1.82, 2.24) is 0 Å². The summed E-state index contributed by atoms with van der Waals surface area (Å²) in [5.41, 5.74) is 2.68. The smallest absolute Gasteiger partial charge is 0.331 e. The van der Waals surface area contributed by atoms with Crippen LogP contribution in [-0.2, 0) is 28.6 Å². The van der Waals surface area contributed by atoms with E-state index in [1.54, 1.807) is 24.3 Å². The van der Waals surface area contributed by atoms with Gasteiger partial charge in [0, 0.05) is 31.9 Å². The van der Waals surface area contributed by atoms with Crippen molar-refractivity contribution in [3.8, 4) is 11.5 Å². The average Bonchev–Trinajstić information content (AvgIpc) is 3.53. The molecule has 0 spiro atoms. The van der Waals surface area contributed by atoms with E-state index in [1.807, 2.05) is 0 Å². The van der Waals surface area contributed by atoms with E-state index in [0.29, 0.717) is 35.2 Å². The molecule has 0 aromatic heterocycles. The molecule has 1 aromatic carbocycles. The molecule has 1 unspecified atom stereocenters. The van der Waals surface area contributed by atoms with E-state index >= 15 is 0 Å². The fourth-order valence-corrected chi connectivity index (χ4v) is 14.3. The van der Waals surface area contributed by atoms with Crippen LogP contribution in [0.4, 0.5) is 0 Å². The number of ether oxygens (including phenoxy) is 5. The number of hydrogen-bond acceptors (Lipinski definition) is 8. The summed E-state index contributed by atoms with van der Waals surface area (Å²) in [5, 5.41) is 0. The van der Waals surface area contributed by atoms with Crippen molar-refractivity contribution in [2.45, 2.75) is 151 Å². The third-order valence-corrected chi connectivity index (χ3v) is 17.0. The predicted octanol–water partition coefficient (Wildman–Crippen LogP) is 10.7. The zero-order valence-electron chi connectivity index (χ0n) is 35.5. The number of allylic oxidation sites excluding steroid dienone is 1. The Morgan fingerprint density at radius 1 is 0.804 bits per heavy atom. The first-order chi connectivity index (χ1) is 26.4. The van der Waals surface area contributed by atoms with Gasteiger partial charge in [-0.1, -0.05) is 52.8 Å². The molecule has 1 saturated heterocycles. The molecular formula is C48H68O8. The molecule has 8 heteroatoms. The summed E-state index contributed by atoms with van der Waals surface area (Å²) < 4.78 is 29.5. The highest BCUT2D eigenvalue weighted by Gasteiger charge is 2.71. The fourth-order valence-electron chi connectivity index (χ4n) is 14.3. The Hall–Kier alpha value is -2.97. The van der Waals surface area contributed by atoms with Crippen LogP contribution in [-0.4, -0.2) is 43.5 Å². The monoisotopic (exact) mass is 772 g/mol. The molecule has 6 fully saturated rings. The largest absolute Gasteiger partial charge is 0.459 e. The van der Waals surface area contributed by atoms with Crippen molar-refractivity contribution in [3.63, 3.8) is 0 Å². The van der Waals surface area contributed by atoms with Gasteiger partial charge in [0.2, 0.25) is 0 Å². The molecule has 0 bridgehead atoms. The lowest BCUT2D eigenvalue weighted by molar-refractivity contribution is -0.257. The van der Waals surface area contributed by atoms with Crippen LogP contribution in [0.3, 0.4) is 0 Å². The minimum Gasteiger partial charge on any atom is -0.459 e. The number of esters is 3. The van der Waals surface area contributed by atoms with Gasteiger partial charge in [0.15, 0.2) is 17.8 Å². The second-order valence-electron chi connectivity index (χ2n) is 20.2. The summed E-state index contributed by atoms with van der Waals surface area (Å²) in [5.74, 6) is 1.74. The Morgan fingerprint density at radius 2 is 1.55 bits per heavy atom. The summed E-state index contributed by atoms with van der Waals surface area (Å²) in [6.45, 7) is 23.8. The van der Waals surface area contributed by atoms with Crippen molar-refractivity contribution >= 4 is 24.0 Å². The Morgan fingerprint density at radius 3 is 2.25 bits per heavy atom. The normalized spacial score (nSPS) is 40.0. The van der Waals surface area contributed by atoms with E-state index in [4.69, 9.17) is 23.7 Å². The van der Waals surface area contributed by atoms with Crippen LogP contribution in [0.2, 0.25) is 0 Å². The van der Waals surface area contributed by atoms with Gasteiger partial charge in [0.25, 0.3) is 0 Å². The van der Waals surface area contributed by atoms with Gasteiger partial charge in [-0.2, -0.15) is 0 Å². The molecule has 11 atom stereocenters. The Labute approximate surface area is 335 Å². The van der Waals surface area contributed by atoms with Crippen LogP contribution >= 0.6 is 0 Å². The molecule has 0 N–H and O–H groups in total. The second kappa shape index (κ2) is 15.3. The number of fused-ring (bicyclic) bond motifs is 7. The first-order valence-corrected chi connectivity index (χ1v) is 21.7. The summed E-state index contributed by atoms with van der Waals surface area (Å²) in [6.07, 6.45) is 18.0. The molecule has 6 aliphatic rings. The van der Waals surface area contributed by atoms with Crippen molar-refractivity contribution in [2.24, 2.45) is 56.7 Å². The molecule has 8 nitrogen and oxygen atoms in total. The Bertz CT molecular complexity index is 1720. The number of hydrogen-bond donors (Lipinski definition) is 0. The van der Waals surface area contributed by atoms with E-state index in [9.17, 15) is 14.4 Å². The molecule has 56 heavy (non-hydrogen) atoms. The summed E-state index contributed by atoms with van der Waals surface area (Å²) in [7, 11) is 0. The van der Waals surface area contributed by atoms with E-state index in [0.717, 1.165) is 45.3 Å². The highest BCUT2D eigenvalue weighted by Crippen LogP contribution is 2.77. The highest BCUT2D eigenvalue weighted by atomic mass is 16.7. The zero-order valence-corrected chi connectivity index (χ0v) is 35.5. The van der Waals surface area contributed by atoms with Gasteiger partial charge in [0.05, 0.1) is 6.61 Å². The molecular weight excluding hydrogens is 705 g/mol. The first kappa shape index (κ1) is 41.2. The molecule has 7 rings (SSSR count). The lowest BCUT2D eigenvalue weighted by Gasteiger charge is -2.73. The minimum atomic E-state index is -0.535. The lowest BCUT2D eigenvalue weighted by Crippen LogP contribution is -2.67. The molecule has 5 saturated carbocycles. The highest BCUT2D eigenvalue weighted by molar-refractivity contribution is 5.87. The molecule has 1 aliphatic heterocycles. The zero-order chi connectivity index (χ0) is 40.3. The van der Waals surface area contributed by atoms with Crippen molar-refractivity contribution in [3.05, 3.63) is 42.0 Å². The molecule has 1 aromatic rings. The summed E-state index contributed by atoms with van der Waals surface area (Å²) in [4.78, 5) is 36.7. The quantitative estimate of drug-likeness (QED) is 0.106. The van der Waals surface area contributed by atoms with E-state index in [2.05, 4.69) is 48.1 Å². The van der Waals surface area contributed by atoms with Gasteiger partial charge in [-0.05, 0) is 165 Å². The van der Waals surface area contributed by atoms with Crippen LogP contribution in [0.5, 0.6) is 11.5 Å². The van der Waals surface area contributed by atoms with Crippen LogP contribution in [0.15, 0.2) is 36.4 Å². The van der Waals surface area contributed by atoms with Crippen molar-refractivity contribution < 1.29 is 38.1 Å². The summed E-state index contributed by atoms with van der Waals surface area (Å²) >= 11 is 0. The number of carbonyl (C=O) groups excluding carboxylic acids is 3. The third kappa shape index (κ3) is 7.11. The van der Waals surface area contributed by atoms with Gasteiger partial charge in [-0.3, -0.25) is 9.59 Å². The van der Waals surface area contributed by atoms with Gasteiger partial charge in [0.1, 0.15) is 6.10 Å². The molecule has 308 valence electrons. The topological polar surface area (TPSA) is 97.4 Å². The van der Waals surface area contributed by atoms with Crippen molar-refractivity contribution in [2.75, 3.05) is 13.2 Å². The van der Waals surface area contributed by atoms with Crippen LogP contribution in [0.1, 0.15) is 144 Å². The fraction of sp³-hybridized carbons (Fsp3) is 0.729. The van der Waals surface area contributed by atoms with Crippen LogP contribution in [0, 0.1) is 56.7 Å². The number of carbonyl (C=O) groups is 3. The van der Waals surface area contributed by atoms with Crippen molar-refractivity contribution in [1.29, 1.82) is 0 Å². The summed E-state index contributed by atoms with van der Waals surface area (Å²) in [6, 6.07) is 4.84. The van der Waals surface area contributed by atoms with E-state index in [-0.39, 0.29) is 56.9 Å². The minimum absolute atomic E-state index is 0.0394. The van der Waals surface area contributed by atoms with Gasteiger partial charge >= 0.3 is 17.9 Å². The standard InChI is InChI=1S/C48H68O8/c1-30(2)34-19-24-48(29-53-42-12-10-11-27-52-42)26-25-46(8)35(43(34)48)15-17-39-45(7)22-21-40(44(5,6)38(45)20-23-47(39,46)9)56-41(51)18-14-33-13-16-36(54-31(3)49)37(28-33)55-32(4)50/h13-14,16,18,28,34-35,38-40,42-43H,1,10-12,15,17,19-27,29H2,2-9H3/t34-,35+,38-,39+,40-,42+,43?,45-,46+,47+,48+/m0/s1. The SMILES string of the molecule is C=C(C)[C@@H]1CC[C@]2(CO[C@@H]3CCCCO3)CC[C@]3(C)[C@H](CC[C@@H]4[C@@]5(C)CC[C@H](OC(=O)C=Cc6ccc(OC(C)=O)c(OC(C)=O)c6)C(C)(C)[C@@H]5CC[C@]43C)C12. The number of rotatable bonds is 9. The molecule has 0 radical (unpaired) electrons. The maximum atomic E-state index is 13.4. The molecule has 1 heterocycles. The average molecular weight is 773 g/mol. The number of benzene rings is 1. The predicted molar refractivity (Wildman–Crippen MR) is 216 cm³/mol. The first-order valence-electron chi connectivity index (χ1n) is 21.7. The Balaban J connectivity index is 1.06. The Kier molecular flexibility index (Phi) is 11.3. The van der Waals surface area contributed by atoms with Crippen LogP contribution in [0.25, 0.3) is 6.08 Å².